The van der Waals surface area contributed by atoms with Crippen molar-refractivity contribution in [3.05, 3.63) is 11.5 Å². The Bertz CT molecular complexity index is 612. The van der Waals surface area contributed by atoms with Gasteiger partial charge in [0.05, 0.1) is 11.1 Å². The minimum Gasteiger partial charge on any atom is -0.310 e. The van der Waals surface area contributed by atoms with E-state index in [1.165, 1.54) is 0 Å². The van der Waals surface area contributed by atoms with Gasteiger partial charge in [-0.3, -0.25) is 4.68 Å². The monoisotopic (exact) mass is 314 g/mol. The first-order chi connectivity index (χ1) is 9.30. The lowest BCUT2D eigenvalue weighted by molar-refractivity contribution is 0.546. The van der Waals surface area contributed by atoms with Crippen molar-refractivity contribution in [2.45, 2.75) is 50.8 Å². The summed E-state index contributed by atoms with van der Waals surface area (Å²) in [7, 11) is 1.98. The lowest BCUT2D eigenvalue weighted by atomic mass is 10.2. The van der Waals surface area contributed by atoms with Crippen molar-refractivity contribution in [2.75, 3.05) is 6.26 Å². The van der Waals surface area contributed by atoms with Gasteiger partial charge >= 0.3 is 0 Å². The van der Waals surface area contributed by atoms with Crippen LogP contribution in [0.1, 0.15) is 44.6 Å². The molecule has 0 N–H and O–H groups in total. The first-order valence-electron chi connectivity index (χ1n) is 6.92. The number of rotatable bonds is 5. The number of hydrogen-bond acceptors (Lipinski definition) is 3. The molecule has 2 heterocycles. The van der Waals surface area contributed by atoms with Crippen LogP contribution in [0.3, 0.4) is 0 Å². The number of fused-ring (bicyclic) bond motifs is 1. The molecule has 0 fully saturated rings. The van der Waals surface area contributed by atoms with Gasteiger partial charge in [-0.1, -0.05) is 6.92 Å². The van der Waals surface area contributed by atoms with Gasteiger partial charge < -0.3 is 4.57 Å². The molecule has 0 saturated carbocycles. The van der Waals surface area contributed by atoms with Gasteiger partial charge in [0.2, 0.25) is 0 Å². The number of hydrogen-bond donors (Lipinski definition) is 0. The zero-order valence-electron chi connectivity index (χ0n) is 13.1. The van der Waals surface area contributed by atoms with Gasteiger partial charge in [-0.15, -0.1) is 11.6 Å². The number of nitrogens with zero attached hydrogens (tertiary/aromatic N) is 4. The molecule has 0 spiro atoms. The summed E-state index contributed by atoms with van der Waals surface area (Å²) >= 11 is 8.19. The summed E-state index contributed by atoms with van der Waals surface area (Å²) in [4.78, 5) is 4.76. The van der Waals surface area contributed by atoms with E-state index in [1.807, 2.05) is 30.4 Å². The van der Waals surface area contributed by atoms with Crippen LogP contribution >= 0.6 is 23.4 Å². The Morgan fingerprint density at radius 3 is 2.55 bits per heavy atom. The third-order valence-corrected chi connectivity index (χ3v) is 5.03. The van der Waals surface area contributed by atoms with E-state index in [0.717, 1.165) is 35.6 Å². The fraction of sp³-hybridized carbons (Fsp3) is 0.714. The molecule has 0 aromatic carbocycles. The summed E-state index contributed by atoms with van der Waals surface area (Å²) in [5.74, 6) is 0.937. The molecular weight excluding hydrogens is 292 g/mol. The van der Waals surface area contributed by atoms with Crippen LogP contribution in [0, 0.1) is 0 Å². The van der Waals surface area contributed by atoms with E-state index >= 15 is 0 Å². The molecule has 0 aliphatic heterocycles. The van der Waals surface area contributed by atoms with Crippen molar-refractivity contribution in [2.24, 2.45) is 7.05 Å². The molecule has 0 aliphatic rings. The molecule has 0 amide bonds. The van der Waals surface area contributed by atoms with Gasteiger partial charge in [0.15, 0.2) is 5.65 Å². The predicted molar refractivity (Wildman–Crippen MR) is 87.7 cm³/mol. The standard InChI is InChI=1S/C14H23ClN4S/c1-7-10-11-13(18(5)17-10)19(8-14(3,4)20-6)12(16-11)9(2)15/h9H,7-8H2,1-6H3. The van der Waals surface area contributed by atoms with Gasteiger partial charge in [0, 0.05) is 18.3 Å². The average molecular weight is 315 g/mol. The quantitative estimate of drug-likeness (QED) is 0.788. The van der Waals surface area contributed by atoms with Crippen molar-refractivity contribution in [1.29, 1.82) is 0 Å². The van der Waals surface area contributed by atoms with Crippen LogP contribution in [-0.2, 0) is 20.0 Å². The largest absolute Gasteiger partial charge is 0.310 e. The van der Waals surface area contributed by atoms with E-state index in [-0.39, 0.29) is 10.1 Å². The Balaban J connectivity index is 2.65. The number of halogens is 1. The molecule has 20 heavy (non-hydrogen) atoms. The molecule has 0 saturated heterocycles. The van der Waals surface area contributed by atoms with E-state index in [0.29, 0.717) is 0 Å². The van der Waals surface area contributed by atoms with Crippen LogP contribution in [0.4, 0.5) is 0 Å². The van der Waals surface area contributed by atoms with Crippen molar-refractivity contribution < 1.29 is 0 Å². The zero-order chi connectivity index (χ0) is 15.1. The van der Waals surface area contributed by atoms with E-state index < -0.39 is 0 Å². The Hall–Kier alpha value is -0.680. The Morgan fingerprint density at radius 2 is 2.05 bits per heavy atom. The normalized spacial score (nSPS) is 14.2. The molecule has 4 nitrogen and oxygen atoms in total. The molecule has 2 rings (SSSR count). The number of thioether (sulfide) groups is 1. The number of aryl methyl sites for hydroxylation is 2. The van der Waals surface area contributed by atoms with Gasteiger partial charge in [0.1, 0.15) is 11.3 Å². The maximum Gasteiger partial charge on any atom is 0.158 e. The Labute approximate surface area is 129 Å². The smallest absolute Gasteiger partial charge is 0.158 e. The molecule has 1 unspecified atom stereocenters. The summed E-state index contributed by atoms with van der Waals surface area (Å²) < 4.78 is 4.29. The Kier molecular flexibility index (Phi) is 4.40. The van der Waals surface area contributed by atoms with Gasteiger partial charge in [-0.05, 0) is 33.4 Å². The van der Waals surface area contributed by atoms with Crippen molar-refractivity contribution in [3.8, 4) is 0 Å². The number of imidazole rings is 1. The third-order valence-electron chi connectivity index (χ3n) is 3.60. The maximum absolute atomic E-state index is 6.34. The molecule has 0 bridgehead atoms. The molecule has 0 radical (unpaired) electrons. The lowest BCUT2D eigenvalue weighted by Gasteiger charge is -2.24. The third kappa shape index (κ3) is 2.70. The topological polar surface area (TPSA) is 35.6 Å². The second-order valence-corrected chi connectivity index (χ2v) is 7.90. The van der Waals surface area contributed by atoms with Crippen LogP contribution in [0.5, 0.6) is 0 Å². The highest BCUT2D eigenvalue weighted by atomic mass is 35.5. The summed E-state index contributed by atoms with van der Waals surface area (Å²) in [6.07, 6.45) is 3.02. The molecule has 2 aromatic heterocycles. The average Bonchev–Trinajstić information content (AvgIpc) is 2.88. The minimum absolute atomic E-state index is 0.107. The summed E-state index contributed by atoms with van der Waals surface area (Å²) in [6.45, 7) is 9.44. The molecule has 0 aliphatic carbocycles. The second kappa shape index (κ2) is 5.60. The van der Waals surface area contributed by atoms with Crippen molar-refractivity contribution in [3.63, 3.8) is 0 Å². The molecule has 112 valence electrons. The van der Waals surface area contributed by atoms with Crippen molar-refractivity contribution in [1.82, 2.24) is 19.3 Å². The summed E-state index contributed by atoms with van der Waals surface area (Å²) in [5.41, 5.74) is 3.11. The molecular formula is C14H23ClN4S. The van der Waals surface area contributed by atoms with E-state index in [1.54, 1.807) is 0 Å². The highest BCUT2D eigenvalue weighted by Gasteiger charge is 2.25. The predicted octanol–water partition coefficient (Wildman–Crippen LogP) is 3.77. The fourth-order valence-corrected chi connectivity index (χ4v) is 2.83. The van der Waals surface area contributed by atoms with Gasteiger partial charge in [-0.2, -0.15) is 16.9 Å². The van der Waals surface area contributed by atoms with Crippen LogP contribution < -0.4 is 0 Å². The van der Waals surface area contributed by atoms with E-state index in [4.69, 9.17) is 16.6 Å². The van der Waals surface area contributed by atoms with Crippen LogP contribution in [0.2, 0.25) is 0 Å². The van der Waals surface area contributed by atoms with Crippen molar-refractivity contribution >= 4 is 34.5 Å². The second-order valence-electron chi connectivity index (χ2n) is 5.73. The van der Waals surface area contributed by atoms with Gasteiger partial charge in [-0.25, -0.2) is 4.98 Å². The maximum atomic E-state index is 6.34. The van der Waals surface area contributed by atoms with E-state index in [2.05, 4.69) is 36.7 Å². The number of alkyl halides is 1. The van der Waals surface area contributed by atoms with E-state index in [9.17, 15) is 0 Å². The minimum atomic E-state index is -0.107. The first kappa shape index (κ1) is 15.7. The fourth-order valence-electron chi connectivity index (χ4n) is 2.40. The molecule has 1 atom stereocenters. The number of aromatic nitrogens is 4. The zero-order valence-corrected chi connectivity index (χ0v) is 14.6. The summed E-state index contributed by atoms with van der Waals surface area (Å²) in [5, 5.41) is 4.46. The Morgan fingerprint density at radius 1 is 1.40 bits per heavy atom. The first-order valence-corrected chi connectivity index (χ1v) is 8.58. The SMILES string of the molecule is CCc1nn(C)c2c1nc(C(C)Cl)n2CC(C)(C)SC. The van der Waals surface area contributed by atoms with Crippen LogP contribution in [-0.4, -0.2) is 30.3 Å². The van der Waals surface area contributed by atoms with Crippen LogP contribution in [0.25, 0.3) is 11.2 Å². The highest BCUT2D eigenvalue weighted by molar-refractivity contribution is 7.99. The van der Waals surface area contributed by atoms with Crippen LogP contribution in [0.15, 0.2) is 0 Å². The van der Waals surface area contributed by atoms with Gasteiger partial charge in [0.25, 0.3) is 0 Å². The lowest BCUT2D eigenvalue weighted by Crippen LogP contribution is -2.24. The highest BCUT2D eigenvalue weighted by Crippen LogP contribution is 2.31. The molecule has 6 heteroatoms. The molecule has 2 aromatic rings. The summed E-state index contributed by atoms with van der Waals surface area (Å²) in [6, 6.07) is 0.